The molecule has 2 amide bonds. The van der Waals surface area contributed by atoms with Crippen molar-refractivity contribution in [2.24, 2.45) is 5.92 Å². The number of halogens is 7. The van der Waals surface area contributed by atoms with E-state index < -0.39 is 42.2 Å². The fraction of sp³-hybridized carbons (Fsp3) is 0.464. The lowest BCUT2D eigenvalue weighted by atomic mass is 9.90. The normalized spacial score (nSPS) is 18.6. The van der Waals surface area contributed by atoms with Crippen molar-refractivity contribution in [1.82, 2.24) is 45.2 Å². The molecule has 2 aliphatic carbocycles. The largest absolute Gasteiger partial charge is 0.420 e. The molecule has 3 N–H and O–H groups in total. The van der Waals surface area contributed by atoms with Gasteiger partial charge in [-0.2, -0.15) is 36.5 Å². The molecule has 0 saturated heterocycles. The van der Waals surface area contributed by atoms with E-state index in [1.165, 1.54) is 36.3 Å². The van der Waals surface area contributed by atoms with Crippen LogP contribution in [0.1, 0.15) is 44.1 Å². The van der Waals surface area contributed by atoms with Gasteiger partial charge in [-0.25, -0.2) is 19.7 Å². The summed E-state index contributed by atoms with van der Waals surface area (Å²) < 4.78 is 81.7. The van der Waals surface area contributed by atoms with Crippen LogP contribution in [0.2, 0.25) is 5.02 Å². The summed E-state index contributed by atoms with van der Waals surface area (Å²) in [5, 5.41) is 15.4. The van der Waals surface area contributed by atoms with Crippen molar-refractivity contribution in [3.63, 3.8) is 0 Å². The van der Waals surface area contributed by atoms with E-state index >= 15 is 0 Å². The molecular weight excluding hydrogens is 656 g/mol. The molecule has 19 heteroatoms. The minimum atomic E-state index is -4.76. The number of nitrogens with zero attached hydrogens (tertiary/aromatic N) is 8. The molecule has 12 nitrogen and oxygen atoms in total. The molecular formula is C28H28ClF6N11O. The first-order valence-corrected chi connectivity index (χ1v) is 15.1. The number of alkyl halides is 6. The van der Waals surface area contributed by atoms with E-state index in [-0.39, 0.29) is 28.5 Å². The molecule has 2 fully saturated rings. The van der Waals surface area contributed by atoms with Gasteiger partial charge in [0.1, 0.15) is 23.5 Å². The number of H-pyrrole nitrogens is 1. The van der Waals surface area contributed by atoms with Crippen LogP contribution >= 0.6 is 11.6 Å². The van der Waals surface area contributed by atoms with Gasteiger partial charge in [0.15, 0.2) is 5.82 Å². The number of aromatic nitrogens is 8. The van der Waals surface area contributed by atoms with Gasteiger partial charge in [-0.15, -0.1) is 0 Å². The minimum Gasteiger partial charge on any atom is -0.351 e. The fourth-order valence-corrected chi connectivity index (χ4v) is 5.60. The monoisotopic (exact) mass is 683 g/mol. The average Bonchev–Trinajstić information content (AvgIpc) is 3.53. The minimum absolute atomic E-state index is 0.0515. The number of anilines is 2. The van der Waals surface area contributed by atoms with Crippen molar-refractivity contribution in [3.05, 3.63) is 47.8 Å². The molecule has 2 saturated carbocycles. The smallest absolute Gasteiger partial charge is 0.351 e. The molecule has 0 aliphatic heterocycles. The summed E-state index contributed by atoms with van der Waals surface area (Å²) in [6.07, 6.45) is 2.53. The van der Waals surface area contributed by atoms with E-state index in [2.05, 4.69) is 40.5 Å². The molecule has 0 aromatic carbocycles. The van der Waals surface area contributed by atoms with Gasteiger partial charge in [0, 0.05) is 42.8 Å². The molecule has 0 spiro atoms. The molecule has 47 heavy (non-hydrogen) atoms. The number of hydrogen-bond donors (Lipinski definition) is 3. The molecule has 0 unspecified atom stereocenters. The van der Waals surface area contributed by atoms with Crippen LogP contribution in [0.3, 0.4) is 0 Å². The zero-order valence-electron chi connectivity index (χ0n) is 24.5. The lowest BCUT2D eigenvalue weighted by Gasteiger charge is -2.36. The number of hydrogen-bond acceptors (Lipinski definition) is 8. The van der Waals surface area contributed by atoms with Crippen LogP contribution < -0.4 is 15.5 Å². The standard InChI is InChI=1S/C28H28ClF6N11O/c29-20-9-40-44-24(20)23-19(28(33,34)35)8-38-25(43-23)42-17-3-5-18(6-4-17)46(26(47)39-14-27(30,31)32)22-11-36-21(10-37-22)16-7-41-45(13-16)12-15-1-2-15/h7-11,13,15,17-18H,1-6,12,14H2,(H,39,47)(H,40,44)(H,38,42,43). The number of aromatic amines is 1. The Balaban J connectivity index is 1.16. The van der Waals surface area contributed by atoms with Crippen LogP contribution in [0.5, 0.6) is 0 Å². The van der Waals surface area contributed by atoms with Crippen LogP contribution in [-0.4, -0.2) is 70.7 Å². The van der Waals surface area contributed by atoms with Gasteiger partial charge in [0.25, 0.3) is 0 Å². The second-order valence-corrected chi connectivity index (χ2v) is 11.9. The maximum atomic E-state index is 13.7. The lowest BCUT2D eigenvalue weighted by Crippen LogP contribution is -2.50. The van der Waals surface area contributed by atoms with Gasteiger partial charge >= 0.3 is 18.4 Å². The Hall–Kier alpha value is -4.48. The Bertz CT molecular complexity index is 1700. The summed E-state index contributed by atoms with van der Waals surface area (Å²) in [6, 6.07) is -1.84. The number of urea groups is 1. The van der Waals surface area contributed by atoms with E-state index in [1.807, 2.05) is 16.2 Å². The van der Waals surface area contributed by atoms with Crippen LogP contribution in [0.15, 0.2) is 37.2 Å². The van der Waals surface area contributed by atoms with Gasteiger partial charge in [0.2, 0.25) is 5.95 Å². The van der Waals surface area contributed by atoms with Crippen molar-refractivity contribution in [2.45, 2.75) is 69.5 Å². The van der Waals surface area contributed by atoms with E-state index in [9.17, 15) is 31.1 Å². The second kappa shape index (κ2) is 13.0. The van der Waals surface area contributed by atoms with Gasteiger partial charge < -0.3 is 10.6 Å². The van der Waals surface area contributed by atoms with E-state index in [0.29, 0.717) is 49.1 Å². The Kier molecular flexibility index (Phi) is 8.95. The third kappa shape index (κ3) is 7.91. The first-order valence-electron chi connectivity index (χ1n) is 14.7. The number of carbonyl (C=O) groups is 1. The summed E-state index contributed by atoms with van der Waals surface area (Å²) in [7, 11) is 0. The highest BCUT2D eigenvalue weighted by atomic mass is 35.5. The average molecular weight is 684 g/mol. The van der Waals surface area contributed by atoms with Crippen molar-refractivity contribution in [1.29, 1.82) is 0 Å². The summed E-state index contributed by atoms with van der Waals surface area (Å²) in [6.45, 7) is -0.723. The van der Waals surface area contributed by atoms with Gasteiger partial charge in [-0.05, 0) is 44.4 Å². The van der Waals surface area contributed by atoms with Crippen molar-refractivity contribution < 1.29 is 31.1 Å². The number of nitrogens with one attached hydrogen (secondary N) is 3. The Morgan fingerprint density at radius 1 is 0.979 bits per heavy atom. The van der Waals surface area contributed by atoms with Crippen molar-refractivity contribution in [3.8, 4) is 22.6 Å². The predicted octanol–water partition coefficient (Wildman–Crippen LogP) is 6.10. The first-order chi connectivity index (χ1) is 22.3. The predicted molar refractivity (Wildman–Crippen MR) is 157 cm³/mol. The summed E-state index contributed by atoms with van der Waals surface area (Å²) in [4.78, 5) is 30.9. The zero-order chi connectivity index (χ0) is 33.3. The van der Waals surface area contributed by atoms with Gasteiger partial charge in [-0.3, -0.25) is 19.7 Å². The summed E-state index contributed by atoms with van der Waals surface area (Å²) >= 11 is 6.01. The molecule has 4 heterocycles. The zero-order valence-corrected chi connectivity index (χ0v) is 25.2. The Labute approximate surface area is 268 Å². The van der Waals surface area contributed by atoms with Crippen LogP contribution in [0.25, 0.3) is 22.6 Å². The Morgan fingerprint density at radius 3 is 2.36 bits per heavy atom. The maximum absolute atomic E-state index is 13.7. The molecule has 2 aliphatic rings. The molecule has 0 atom stereocenters. The SMILES string of the molecule is O=C(NCC(F)(F)F)N(c1cnc(-c2cnn(CC3CC3)c2)cn1)C1CCC(Nc2ncc(C(F)(F)F)c(-c3n[nH]cc3Cl)n2)CC1. The fourth-order valence-electron chi connectivity index (χ4n) is 5.41. The maximum Gasteiger partial charge on any atom is 0.420 e. The highest BCUT2D eigenvalue weighted by molar-refractivity contribution is 6.32. The molecule has 4 aromatic heterocycles. The number of amides is 2. The summed E-state index contributed by atoms with van der Waals surface area (Å²) in [5.41, 5.74) is -0.591. The van der Waals surface area contributed by atoms with Gasteiger partial charge in [-0.1, -0.05) is 11.6 Å². The second-order valence-electron chi connectivity index (χ2n) is 11.5. The third-order valence-electron chi connectivity index (χ3n) is 7.92. The first kappa shape index (κ1) is 32.5. The van der Waals surface area contributed by atoms with Crippen LogP contribution in [-0.2, 0) is 12.7 Å². The quantitative estimate of drug-likeness (QED) is 0.180. The van der Waals surface area contributed by atoms with Crippen molar-refractivity contribution in [2.75, 3.05) is 16.8 Å². The van der Waals surface area contributed by atoms with Crippen molar-refractivity contribution >= 4 is 29.4 Å². The highest BCUT2D eigenvalue weighted by Crippen LogP contribution is 2.38. The highest BCUT2D eigenvalue weighted by Gasteiger charge is 2.38. The number of carbonyl (C=O) groups excluding carboxylic acids is 1. The van der Waals surface area contributed by atoms with E-state index in [1.54, 1.807) is 6.20 Å². The molecule has 6 rings (SSSR count). The number of rotatable bonds is 9. The van der Waals surface area contributed by atoms with Gasteiger partial charge in [0.05, 0.1) is 29.3 Å². The van der Waals surface area contributed by atoms with Crippen LogP contribution in [0.4, 0.5) is 42.9 Å². The van der Waals surface area contributed by atoms with E-state index in [0.717, 1.165) is 6.54 Å². The topological polar surface area (TPSA) is 142 Å². The van der Waals surface area contributed by atoms with E-state index in [4.69, 9.17) is 11.6 Å². The Morgan fingerprint density at radius 2 is 1.74 bits per heavy atom. The van der Waals surface area contributed by atoms with Crippen LogP contribution in [0, 0.1) is 5.92 Å². The molecule has 0 radical (unpaired) electrons. The lowest BCUT2D eigenvalue weighted by molar-refractivity contribution is -0.137. The third-order valence-corrected chi connectivity index (χ3v) is 8.21. The molecule has 0 bridgehead atoms. The molecule has 4 aromatic rings. The summed E-state index contributed by atoms with van der Waals surface area (Å²) in [5.74, 6) is 0.602. The molecule has 250 valence electrons.